The molecule has 0 aromatic carbocycles. The molecule has 0 bridgehead atoms. The molecule has 0 rings (SSSR count). The number of amides is 1. The summed E-state index contributed by atoms with van der Waals surface area (Å²) in [7, 11) is 0. The monoisotopic (exact) mass is 115 g/mol. The van der Waals surface area contributed by atoms with Crippen LogP contribution in [0.1, 0.15) is 13.8 Å². The summed E-state index contributed by atoms with van der Waals surface area (Å²) in [6.07, 6.45) is 0.536. The molecular weight excluding hydrogens is 106 g/mol. The zero-order valence-corrected chi connectivity index (χ0v) is 4.97. The Hall–Kier alpha value is -0.990. The third-order valence-corrected chi connectivity index (χ3v) is 0.411. The minimum absolute atomic E-state index is 0.772. The summed E-state index contributed by atoms with van der Waals surface area (Å²) in [5.74, 6) is 0. The van der Waals surface area contributed by atoms with Crippen molar-refractivity contribution in [2.45, 2.75) is 13.8 Å². The van der Waals surface area contributed by atoms with E-state index in [1.807, 2.05) is 13.8 Å². The summed E-state index contributed by atoms with van der Waals surface area (Å²) in [6, 6.07) is 0. The number of carbonyl (C=O) groups is 1. The molecule has 0 aliphatic rings. The normalized spacial score (nSPS) is 7.75. The highest BCUT2D eigenvalue weighted by molar-refractivity contribution is 5.65. The van der Waals surface area contributed by atoms with Gasteiger partial charge in [0.15, 0.2) is 0 Å². The molecule has 0 heterocycles. The minimum Gasteiger partial charge on any atom is -0.419 e. The fourth-order valence-electron chi connectivity index (χ4n) is 0.176. The average molecular weight is 115 g/mol. The lowest BCUT2D eigenvalue weighted by Crippen LogP contribution is -2.08. The average Bonchev–Trinajstić information content (AvgIpc) is 1.61. The number of primary amides is 1. The lowest BCUT2D eigenvalue weighted by atomic mass is 10.4. The third-order valence-electron chi connectivity index (χ3n) is 0.411. The van der Waals surface area contributed by atoms with Crippen LogP contribution >= 0.6 is 0 Å². The van der Waals surface area contributed by atoms with Crippen molar-refractivity contribution in [3.63, 3.8) is 0 Å². The van der Waals surface area contributed by atoms with Crippen molar-refractivity contribution in [1.29, 1.82) is 0 Å². The van der Waals surface area contributed by atoms with Crippen LogP contribution in [0.3, 0.4) is 0 Å². The Labute approximate surface area is 48.1 Å². The minimum atomic E-state index is -0.772. The highest BCUT2D eigenvalue weighted by Crippen LogP contribution is 1.87. The van der Waals surface area contributed by atoms with E-state index < -0.39 is 6.09 Å². The van der Waals surface area contributed by atoms with Crippen molar-refractivity contribution in [2.24, 2.45) is 5.73 Å². The van der Waals surface area contributed by atoms with E-state index >= 15 is 0 Å². The first-order chi connectivity index (χ1) is 3.63. The number of carbonyl (C=O) groups excluding carboxylic acids is 1. The van der Waals surface area contributed by atoms with Gasteiger partial charge in [-0.25, -0.2) is 4.79 Å². The Morgan fingerprint density at radius 1 is 1.62 bits per heavy atom. The molecule has 1 amide bonds. The number of allylic oxidation sites excluding steroid dienone is 1. The Bertz CT molecular complexity index is 114. The van der Waals surface area contributed by atoms with Crippen LogP contribution in [0.5, 0.6) is 0 Å². The SMILES string of the molecule is CC(C)=COC(N)=O. The topological polar surface area (TPSA) is 52.3 Å². The van der Waals surface area contributed by atoms with Gasteiger partial charge in [-0.1, -0.05) is 0 Å². The van der Waals surface area contributed by atoms with Crippen LogP contribution in [0.15, 0.2) is 11.8 Å². The molecule has 0 fully saturated rings. The molecule has 0 saturated carbocycles. The molecule has 0 aliphatic carbocycles. The molecule has 2 N–H and O–H groups in total. The summed E-state index contributed by atoms with van der Waals surface area (Å²) < 4.78 is 4.28. The summed E-state index contributed by atoms with van der Waals surface area (Å²) >= 11 is 0. The van der Waals surface area contributed by atoms with E-state index in [0.717, 1.165) is 5.57 Å². The van der Waals surface area contributed by atoms with Crippen LogP contribution in [0.25, 0.3) is 0 Å². The van der Waals surface area contributed by atoms with Gasteiger partial charge in [-0.05, 0) is 19.4 Å². The van der Waals surface area contributed by atoms with Crippen molar-refractivity contribution < 1.29 is 9.53 Å². The largest absolute Gasteiger partial charge is 0.419 e. The molecule has 46 valence electrons. The van der Waals surface area contributed by atoms with Crippen molar-refractivity contribution in [3.8, 4) is 0 Å². The number of nitrogens with two attached hydrogens (primary N) is 1. The molecule has 0 aromatic heterocycles. The number of hydrogen-bond donors (Lipinski definition) is 1. The molecule has 0 atom stereocenters. The quantitative estimate of drug-likeness (QED) is 0.518. The van der Waals surface area contributed by atoms with Gasteiger partial charge in [-0.2, -0.15) is 0 Å². The molecule has 0 aliphatic heterocycles. The lowest BCUT2D eigenvalue weighted by molar-refractivity contribution is 0.195. The van der Waals surface area contributed by atoms with Gasteiger partial charge in [0.25, 0.3) is 0 Å². The van der Waals surface area contributed by atoms with E-state index in [1.54, 1.807) is 0 Å². The van der Waals surface area contributed by atoms with Crippen molar-refractivity contribution >= 4 is 6.09 Å². The molecule has 0 aromatic rings. The molecule has 3 heteroatoms. The fourth-order valence-corrected chi connectivity index (χ4v) is 0.176. The van der Waals surface area contributed by atoms with Gasteiger partial charge in [0.1, 0.15) is 0 Å². The maximum Gasteiger partial charge on any atom is 0.409 e. The van der Waals surface area contributed by atoms with Crippen LogP contribution in [0.2, 0.25) is 0 Å². The Kier molecular flexibility index (Phi) is 2.69. The third kappa shape index (κ3) is 5.01. The van der Waals surface area contributed by atoms with E-state index in [0.29, 0.717) is 0 Å². The van der Waals surface area contributed by atoms with Crippen LogP contribution < -0.4 is 5.73 Å². The second-order valence-corrected chi connectivity index (χ2v) is 1.63. The molecule has 8 heavy (non-hydrogen) atoms. The number of ether oxygens (including phenoxy) is 1. The summed E-state index contributed by atoms with van der Waals surface area (Å²) in [5.41, 5.74) is 5.54. The van der Waals surface area contributed by atoms with Crippen LogP contribution in [0.4, 0.5) is 4.79 Å². The molecule has 3 nitrogen and oxygen atoms in total. The van der Waals surface area contributed by atoms with Crippen LogP contribution in [-0.2, 0) is 4.74 Å². The molecule has 0 spiro atoms. The maximum atomic E-state index is 9.86. The molecule has 0 radical (unpaired) electrons. The van der Waals surface area contributed by atoms with Gasteiger partial charge >= 0.3 is 6.09 Å². The molecule has 0 saturated heterocycles. The second-order valence-electron chi connectivity index (χ2n) is 1.63. The van der Waals surface area contributed by atoms with Crippen molar-refractivity contribution in [2.75, 3.05) is 0 Å². The smallest absolute Gasteiger partial charge is 0.409 e. The first-order valence-corrected chi connectivity index (χ1v) is 2.22. The Morgan fingerprint density at radius 3 is 2.25 bits per heavy atom. The van der Waals surface area contributed by atoms with Gasteiger partial charge in [-0.15, -0.1) is 0 Å². The van der Waals surface area contributed by atoms with Gasteiger partial charge < -0.3 is 10.5 Å². The first kappa shape index (κ1) is 7.01. The van der Waals surface area contributed by atoms with Gasteiger partial charge in [-0.3, -0.25) is 0 Å². The van der Waals surface area contributed by atoms with Gasteiger partial charge in [0.2, 0.25) is 0 Å². The maximum absolute atomic E-state index is 9.86. The van der Waals surface area contributed by atoms with E-state index in [4.69, 9.17) is 0 Å². The summed E-state index contributed by atoms with van der Waals surface area (Å²) in [6.45, 7) is 3.62. The van der Waals surface area contributed by atoms with E-state index in [1.165, 1.54) is 6.26 Å². The van der Waals surface area contributed by atoms with Crippen molar-refractivity contribution in [1.82, 2.24) is 0 Å². The standard InChI is InChI=1S/C5H9NO2/c1-4(2)3-8-5(6)7/h3H,1-2H3,(H2,6,7). The predicted octanol–water partition coefficient (Wildman–Crippen LogP) is 1.01. The predicted molar refractivity (Wildman–Crippen MR) is 30.1 cm³/mol. The summed E-state index contributed by atoms with van der Waals surface area (Å²) in [5, 5.41) is 0. The van der Waals surface area contributed by atoms with Crippen LogP contribution in [-0.4, -0.2) is 6.09 Å². The first-order valence-electron chi connectivity index (χ1n) is 2.22. The lowest BCUT2D eigenvalue weighted by Gasteiger charge is -1.89. The van der Waals surface area contributed by atoms with E-state index in [-0.39, 0.29) is 0 Å². The Morgan fingerprint density at radius 2 is 2.12 bits per heavy atom. The van der Waals surface area contributed by atoms with E-state index in [2.05, 4.69) is 10.5 Å². The fraction of sp³-hybridized carbons (Fsp3) is 0.400. The Balaban J connectivity index is 3.45. The molecule has 0 unspecified atom stereocenters. The van der Waals surface area contributed by atoms with Crippen LogP contribution in [0, 0.1) is 0 Å². The van der Waals surface area contributed by atoms with Gasteiger partial charge in [0.05, 0.1) is 6.26 Å². The highest BCUT2D eigenvalue weighted by atomic mass is 16.5. The number of rotatable bonds is 1. The van der Waals surface area contributed by atoms with Crippen molar-refractivity contribution in [3.05, 3.63) is 11.8 Å². The van der Waals surface area contributed by atoms with E-state index in [9.17, 15) is 4.79 Å². The van der Waals surface area contributed by atoms with Gasteiger partial charge in [0, 0.05) is 0 Å². The zero-order chi connectivity index (χ0) is 6.57. The number of hydrogen-bond acceptors (Lipinski definition) is 2. The second kappa shape index (κ2) is 3.07. The zero-order valence-electron chi connectivity index (χ0n) is 4.97. The molecular formula is C5H9NO2. The summed E-state index contributed by atoms with van der Waals surface area (Å²) in [4.78, 5) is 9.86. The highest BCUT2D eigenvalue weighted by Gasteiger charge is 1.84.